The van der Waals surface area contributed by atoms with Crippen molar-refractivity contribution in [3.63, 3.8) is 0 Å². The van der Waals surface area contributed by atoms with Gasteiger partial charge in [0.25, 0.3) is 0 Å². The van der Waals surface area contributed by atoms with Crippen LogP contribution in [0.4, 0.5) is 0 Å². The van der Waals surface area contributed by atoms with Gasteiger partial charge >= 0.3 is 0 Å². The summed E-state index contributed by atoms with van der Waals surface area (Å²) in [5, 5.41) is 5.36. The number of amides is 1. The van der Waals surface area contributed by atoms with Crippen LogP contribution in [0.25, 0.3) is 0 Å². The zero-order valence-corrected chi connectivity index (χ0v) is 15.8. The first kappa shape index (κ1) is 19.2. The molecule has 0 spiro atoms. The maximum Gasteiger partial charge on any atom is 0.238 e. The fraction of sp³-hybridized carbons (Fsp3) is 0.444. The SMILES string of the molecule is Cc1noc(C)c1CS(=O)(=O)[C@@H](C)C(=O)NC[C@@H](C)c1ccccc1. The van der Waals surface area contributed by atoms with E-state index in [4.69, 9.17) is 4.52 Å². The number of benzene rings is 1. The minimum absolute atomic E-state index is 0.0996. The van der Waals surface area contributed by atoms with Crippen LogP contribution < -0.4 is 5.32 Å². The zero-order chi connectivity index (χ0) is 18.6. The summed E-state index contributed by atoms with van der Waals surface area (Å²) in [6.07, 6.45) is 0. The Labute approximate surface area is 148 Å². The average Bonchev–Trinajstić information content (AvgIpc) is 2.91. The third kappa shape index (κ3) is 4.69. The number of carbonyl (C=O) groups excluding carboxylic acids is 1. The van der Waals surface area contributed by atoms with Crippen LogP contribution in [-0.4, -0.2) is 31.3 Å². The molecular weight excluding hydrogens is 340 g/mol. The minimum Gasteiger partial charge on any atom is -0.361 e. The summed E-state index contributed by atoms with van der Waals surface area (Å²) < 4.78 is 30.1. The number of sulfone groups is 1. The monoisotopic (exact) mass is 364 g/mol. The van der Waals surface area contributed by atoms with E-state index in [9.17, 15) is 13.2 Å². The Morgan fingerprint density at radius 3 is 2.40 bits per heavy atom. The van der Waals surface area contributed by atoms with E-state index in [0.29, 0.717) is 23.6 Å². The predicted molar refractivity (Wildman–Crippen MR) is 95.9 cm³/mol. The van der Waals surface area contributed by atoms with Gasteiger partial charge in [0.1, 0.15) is 11.0 Å². The molecule has 25 heavy (non-hydrogen) atoms. The van der Waals surface area contributed by atoms with Crippen molar-refractivity contribution >= 4 is 15.7 Å². The highest BCUT2D eigenvalue weighted by molar-refractivity contribution is 7.92. The van der Waals surface area contributed by atoms with E-state index in [-0.39, 0.29) is 11.7 Å². The lowest BCUT2D eigenvalue weighted by molar-refractivity contribution is -0.120. The first-order valence-electron chi connectivity index (χ1n) is 8.18. The number of hydrogen-bond donors (Lipinski definition) is 1. The van der Waals surface area contributed by atoms with Crippen LogP contribution in [0.1, 0.15) is 42.3 Å². The quantitative estimate of drug-likeness (QED) is 0.815. The van der Waals surface area contributed by atoms with Gasteiger partial charge in [-0.05, 0) is 32.3 Å². The topological polar surface area (TPSA) is 89.3 Å². The fourth-order valence-electron chi connectivity index (χ4n) is 2.49. The van der Waals surface area contributed by atoms with Crippen LogP contribution in [0.3, 0.4) is 0 Å². The van der Waals surface area contributed by atoms with Crippen molar-refractivity contribution in [2.75, 3.05) is 6.54 Å². The Balaban J connectivity index is 1.99. The van der Waals surface area contributed by atoms with Gasteiger partial charge in [-0.2, -0.15) is 0 Å². The van der Waals surface area contributed by atoms with Crippen LogP contribution in [0.5, 0.6) is 0 Å². The molecule has 6 nitrogen and oxygen atoms in total. The first-order chi connectivity index (χ1) is 11.7. The molecule has 2 rings (SSSR count). The summed E-state index contributed by atoms with van der Waals surface area (Å²) in [7, 11) is -3.65. The molecule has 0 bridgehead atoms. The Kier molecular flexibility index (Phi) is 6.00. The molecule has 0 saturated carbocycles. The van der Waals surface area contributed by atoms with Crippen molar-refractivity contribution in [2.45, 2.75) is 44.6 Å². The van der Waals surface area contributed by atoms with Crippen molar-refractivity contribution in [2.24, 2.45) is 0 Å². The van der Waals surface area contributed by atoms with Gasteiger partial charge in [0.2, 0.25) is 5.91 Å². The molecular formula is C18H24N2O4S. The van der Waals surface area contributed by atoms with E-state index in [1.807, 2.05) is 37.3 Å². The van der Waals surface area contributed by atoms with Crippen molar-refractivity contribution in [1.29, 1.82) is 0 Å². The van der Waals surface area contributed by atoms with Gasteiger partial charge in [-0.15, -0.1) is 0 Å². The molecule has 1 amide bonds. The average molecular weight is 364 g/mol. The van der Waals surface area contributed by atoms with Crippen LogP contribution >= 0.6 is 0 Å². The Bertz CT molecular complexity index is 809. The molecule has 0 aliphatic heterocycles. The molecule has 0 fully saturated rings. The van der Waals surface area contributed by atoms with Crippen LogP contribution in [0, 0.1) is 13.8 Å². The standard InChI is InChI=1S/C18H24N2O4S/c1-12(16-8-6-5-7-9-16)10-19-18(21)15(4)25(22,23)11-17-13(2)20-24-14(17)3/h5-9,12,15H,10-11H2,1-4H3,(H,19,21)/t12-,15+/m1/s1. The van der Waals surface area contributed by atoms with E-state index in [2.05, 4.69) is 10.5 Å². The van der Waals surface area contributed by atoms with Gasteiger partial charge in [0.15, 0.2) is 9.84 Å². The summed E-state index contributed by atoms with van der Waals surface area (Å²) in [6, 6.07) is 9.76. The van der Waals surface area contributed by atoms with Gasteiger partial charge in [-0.1, -0.05) is 42.4 Å². The lowest BCUT2D eigenvalue weighted by atomic mass is 10.0. The molecule has 2 atom stereocenters. The minimum atomic E-state index is -3.65. The third-order valence-electron chi connectivity index (χ3n) is 4.39. The van der Waals surface area contributed by atoms with Gasteiger partial charge in [0, 0.05) is 12.1 Å². The van der Waals surface area contributed by atoms with E-state index < -0.39 is 21.0 Å². The molecule has 0 aliphatic carbocycles. The largest absolute Gasteiger partial charge is 0.361 e. The summed E-state index contributed by atoms with van der Waals surface area (Å²) >= 11 is 0. The predicted octanol–water partition coefficient (Wildman–Crippen LogP) is 2.51. The summed E-state index contributed by atoms with van der Waals surface area (Å²) in [5.41, 5.74) is 2.15. The van der Waals surface area contributed by atoms with E-state index in [1.165, 1.54) is 6.92 Å². The summed E-state index contributed by atoms with van der Waals surface area (Å²) in [4.78, 5) is 12.3. The second kappa shape index (κ2) is 7.82. The maximum absolute atomic E-state index is 12.5. The molecule has 1 aromatic carbocycles. The van der Waals surface area contributed by atoms with E-state index >= 15 is 0 Å². The lowest BCUT2D eigenvalue weighted by Gasteiger charge is -2.16. The number of nitrogens with zero attached hydrogens (tertiary/aromatic N) is 1. The third-order valence-corrected chi connectivity index (χ3v) is 6.37. The normalized spacial score (nSPS) is 14.1. The number of hydrogen-bond acceptors (Lipinski definition) is 5. The lowest BCUT2D eigenvalue weighted by Crippen LogP contribution is -2.40. The van der Waals surface area contributed by atoms with Crippen LogP contribution in [0.15, 0.2) is 34.9 Å². The van der Waals surface area contributed by atoms with Crippen molar-refractivity contribution in [1.82, 2.24) is 10.5 Å². The molecule has 0 saturated heterocycles. The summed E-state index contributed by atoms with van der Waals surface area (Å²) in [6.45, 7) is 7.13. The van der Waals surface area contributed by atoms with Crippen LogP contribution in [-0.2, 0) is 20.4 Å². The molecule has 136 valence electrons. The molecule has 0 radical (unpaired) electrons. The zero-order valence-electron chi connectivity index (χ0n) is 14.9. The Morgan fingerprint density at radius 2 is 1.84 bits per heavy atom. The number of rotatable bonds is 7. The molecule has 0 unspecified atom stereocenters. The highest BCUT2D eigenvalue weighted by Gasteiger charge is 2.30. The molecule has 0 aliphatic rings. The number of nitrogens with one attached hydrogen (secondary N) is 1. The van der Waals surface area contributed by atoms with Crippen LogP contribution in [0.2, 0.25) is 0 Å². The van der Waals surface area contributed by atoms with E-state index in [0.717, 1.165) is 5.56 Å². The highest BCUT2D eigenvalue weighted by atomic mass is 32.2. The van der Waals surface area contributed by atoms with Crippen molar-refractivity contribution < 1.29 is 17.7 Å². The first-order valence-corrected chi connectivity index (χ1v) is 9.90. The van der Waals surface area contributed by atoms with Gasteiger partial charge in [-0.25, -0.2) is 8.42 Å². The highest BCUT2D eigenvalue weighted by Crippen LogP contribution is 2.19. The Hall–Kier alpha value is -2.15. The fourth-order valence-corrected chi connectivity index (χ4v) is 3.97. The van der Waals surface area contributed by atoms with Gasteiger partial charge in [-0.3, -0.25) is 4.79 Å². The number of aromatic nitrogens is 1. The van der Waals surface area contributed by atoms with Crippen molar-refractivity contribution in [3.05, 3.63) is 52.9 Å². The molecule has 2 aromatic rings. The Morgan fingerprint density at radius 1 is 1.20 bits per heavy atom. The number of carbonyl (C=O) groups is 1. The number of aryl methyl sites for hydroxylation is 2. The second-order valence-electron chi connectivity index (χ2n) is 6.31. The molecule has 1 heterocycles. The molecule has 1 aromatic heterocycles. The van der Waals surface area contributed by atoms with Gasteiger partial charge < -0.3 is 9.84 Å². The molecule has 1 N–H and O–H groups in total. The van der Waals surface area contributed by atoms with Gasteiger partial charge in [0.05, 0.1) is 11.4 Å². The smallest absolute Gasteiger partial charge is 0.238 e. The van der Waals surface area contributed by atoms with Crippen molar-refractivity contribution in [3.8, 4) is 0 Å². The van der Waals surface area contributed by atoms with E-state index in [1.54, 1.807) is 13.8 Å². The molecule has 7 heteroatoms. The summed E-state index contributed by atoms with van der Waals surface area (Å²) in [5.74, 6) is -0.180. The maximum atomic E-state index is 12.5. The second-order valence-corrected chi connectivity index (χ2v) is 8.63.